The van der Waals surface area contributed by atoms with E-state index in [-0.39, 0.29) is 5.91 Å². The molecule has 0 bridgehead atoms. The Bertz CT molecular complexity index is 722. The second-order valence-electron chi connectivity index (χ2n) is 5.35. The summed E-state index contributed by atoms with van der Waals surface area (Å²) in [6, 6.07) is 12.9. The van der Waals surface area contributed by atoms with Crippen molar-refractivity contribution < 1.29 is 14.3 Å². The SMILES string of the molecule is CCOc1ccc(N[C@H](C)C(=O)Nc2ccccc2SC)cc1OC. The lowest BCUT2D eigenvalue weighted by molar-refractivity contribution is -0.116. The summed E-state index contributed by atoms with van der Waals surface area (Å²) in [5.74, 6) is 1.21. The Hall–Kier alpha value is -2.34. The van der Waals surface area contributed by atoms with E-state index in [1.54, 1.807) is 18.9 Å². The molecule has 5 nitrogen and oxygen atoms in total. The van der Waals surface area contributed by atoms with Crippen molar-refractivity contribution in [3.05, 3.63) is 42.5 Å². The zero-order valence-corrected chi connectivity index (χ0v) is 15.8. The van der Waals surface area contributed by atoms with Crippen molar-refractivity contribution >= 4 is 29.0 Å². The first-order chi connectivity index (χ1) is 12.1. The Labute approximate surface area is 153 Å². The number of anilines is 2. The number of para-hydroxylation sites is 1. The van der Waals surface area contributed by atoms with E-state index in [0.29, 0.717) is 18.1 Å². The molecule has 25 heavy (non-hydrogen) atoms. The number of carbonyl (C=O) groups is 1. The summed E-state index contributed by atoms with van der Waals surface area (Å²) in [4.78, 5) is 13.5. The average molecular weight is 360 g/mol. The van der Waals surface area contributed by atoms with E-state index in [4.69, 9.17) is 9.47 Å². The van der Waals surface area contributed by atoms with Gasteiger partial charge in [-0.15, -0.1) is 11.8 Å². The van der Waals surface area contributed by atoms with Crippen LogP contribution in [0.25, 0.3) is 0 Å². The molecular formula is C19H24N2O3S. The van der Waals surface area contributed by atoms with Crippen LogP contribution in [0.4, 0.5) is 11.4 Å². The minimum absolute atomic E-state index is 0.102. The van der Waals surface area contributed by atoms with Crippen LogP contribution in [0.15, 0.2) is 47.4 Å². The molecular weight excluding hydrogens is 336 g/mol. The Morgan fingerprint density at radius 3 is 2.64 bits per heavy atom. The quantitative estimate of drug-likeness (QED) is 0.689. The highest BCUT2D eigenvalue weighted by Gasteiger charge is 2.15. The molecule has 0 spiro atoms. The number of amides is 1. The minimum atomic E-state index is -0.405. The molecule has 2 N–H and O–H groups in total. The van der Waals surface area contributed by atoms with E-state index in [2.05, 4.69) is 10.6 Å². The van der Waals surface area contributed by atoms with Crippen LogP contribution in [0.3, 0.4) is 0 Å². The highest BCUT2D eigenvalue weighted by Crippen LogP contribution is 2.30. The summed E-state index contributed by atoms with van der Waals surface area (Å²) in [5, 5.41) is 6.15. The van der Waals surface area contributed by atoms with Crippen LogP contribution in [0.2, 0.25) is 0 Å². The van der Waals surface area contributed by atoms with Gasteiger partial charge in [0.15, 0.2) is 11.5 Å². The van der Waals surface area contributed by atoms with Crippen LogP contribution < -0.4 is 20.1 Å². The summed E-state index contributed by atoms with van der Waals surface area (Å²) in [6.07, 6.45) is 1.98. The number of methoxy groups -OCH3 is 1. The van der Waals surface area contributed by atoms with Crippen LogP contribution in [0.5, 0.6) is 11.5 Å². The molecule has 1 atom stereocenters. The van der Waals surface area contributed by atoms with E-state index < -0.39 is 6.04 Å². The molecule has 2 aromatic rings. The Balaban J connectivity index is 2.05. The van der Waals surface area contributed by atoms with Crippen molar-refractivity contribution in [2.75, 3.05) is 30.6 Å². The summed E-state index contributed by atoms with van der Waals surface area (Å²) in [5.41, 5.74) is 1.61. The van der Waals surface area contributed by atoms with E-state index in [9.17, 15) is 4.79 Å². The predicted octanol–water partition coefficient (Wildman–Crippen LogP) is 4.25. The van der Waals surface area contributed by atoms with E-state index >= 15 is 0 Å². The second-order valence-corrected chi connectivity index (χ2v) is 6.20. The topological polar surface area (TPSA) is 59.6 Å². The van der Waals surface area contributed by atoms with Crippen molar-refractivity contribution in [3.63, 3.8) is 0 Å². The average Bonchev–Trinajstić information content (AvgIpc) is 2.63. The fourth-order valence-electron chi connectivity index (χ4n) is 2.34. The zero-order valence-electron chi connectivity index (χ0n) is 15.0. The highest BCUT2D eigenvalue weighted by molar-refractivity contribution is 7.98. The monoisotopic (exact) mass is 360 g/mol. The number of thioether (sulfide) groups is 1. The maximum Gasteiger partial charge on any atom is 0.246 e. The molecule has 0 aromatic heterocycles. The van der Waals surface area contributed by atoms with Gasteiger partial charge in [0.25, 0.3) is 0 Å². The van der Waals surface area contributed by atoms with Gasteiger partial charge in [-0.3, -0.25) is 4.79 Å². The zero-order chi connectivity index (χ0) is 18.2. The van der Waals surface area contributed by atoms with Gasteiger partial charge in [0.2, 0.25) is 5.91 Å². The number of nitrogens with one attached hydrogen (secondary N) is 2. The third-order valence-electron chi connectivity index (χ3n) is 3.60. The van der Waals surface area contributed by atoms with Gasteiger partial charge >= 0.3 is 0 Å². The molecule has 2 rings (SSSR count). The van der Waals surface area contributed by atoms with Crippen LogP contribution in [-0.2, 0) is 4.79 Å². The molecule has 0 aliphatic rings. The van der Waals surface area contributed by atoms with Gasteiger partial charge in [0.05, 0.1) is 19.4 Å². The largest absolute Gasteiger partial charge is 0.493 e. The maximum atomic E-state index is 12.5. The molecule has 0 aliphatic carbocycles. The van der Waals surface area contributed by atoms with Crippen LogP contribution >= 0.6 is 11.8 Å². The Kier molecular flexibility index (Phi) is 7.01. The van der Waals surface area contributed by atoms with E-state index in [1.165, 1.54) is 0 Å². The van der Waals surface area contributed by atoms with Gasteiger partial charge in [0, 0.05) is 16.6 Å². The van der Waals surface area contributed by atoms with Gasteiger partial charge in [-0.05, 0) is 44.4 Å². The molecule has 0 aliphatic heterocycles. The predicted molar refractivity (Wildman–Crippen MR) is 104 cm³/mol. The second kappa shape index (κ2) is 9.22. The first-order valence-electron chi connectivity index (χ1n) is 8.10. The Morgan fingerprint density at radius 1 is 1.20 bits per heavy atom. The number of rotatable bonds is 8. The minimum Gasteiger partial charge on any atom is -0.493 e. The number of carbonyl (C=O) groups excluding carboxylic acids is 1. The summed E-state index contributed by atoms with van der Waals surface area (Å²) in [6.45, 7) is 4.31. The van der Waals surface area contributed by atoms with E-state index in [1.807, 2.05) is 62.6 Å². The van der Waals surface area contributed by atoms with Crippen LogP contribution in [0.1, 0.15) is 13.8 Å². The molecule has 0 heterocycles. The number of hydrogen-bond donors (Lipinski definition) is 2. The van der Waals surface area contributed by atoms with E-state index in [0.717, 1.165) is 16.3 Å². The van der Waals surface area contributed by atoms with Crippen molar-refractivity contribution in [2.24, 2.45) is 0 Å². The van der Waals surface area contributed by atoms with Crippen molar-refractivity contribution in [3.8, 4) is 11.5 Å². The number of benzene rings is 2. The van der Waals surface area contributed by atoms with Crippen LogP contribution in [-0.4, -0.2) is 31.9 Å². The molecule has 134 valence electrons. The molecule has 0 fully saturated rings. The summed E-state index contributed by atoms with van der Waals surface area (Å²) < 4.78 is 10.8. The normalized spacial score (nSPS) is 11.5. The highest BCUT2D eigenvalue weighted by atomic mass is 32.2. The molecule has 2 aromatic carbocycles. The molecule has 0 saturated heterocycles. The van der Waals surface area contributed by atoms with Gasteiger partial charge in [-0.2, -0.15) is 0 Å². The number of ether oxygens (including phenoxy) is 2. The van der Waals surface area contributed by atoms with Crippen LogP contribution in [0, 0.1) is 0 Å². The van der Waals surface area contributed by atoms with Gasteiger partial charge in [-0.1, -0.05) is 12.1 Å². The summed E-state index contributed by atoms with van der Waals surface area (Å²) in [7, 11) is 1.59. The maximum absolute atomic E-state index is 12.5. The van der Waals surface area contributed by atoms with Gasteiger partial charge in [-0.25, -0.2) is 0 Å². The molecule has 1 amide bonds. The smallest absolute Gasteiger partial charge is 0.246 e. The molecule has 0 saturated carbocycles. The third kappa shape index (κ3) is 5.06. The summed E-state index contributed by atoms with van der Waals surface area (Å²) >= 11 is 1.60. The number of hydrogen-bond acceptors (Lipinski definition) is 5. The fraction of sp³-hybridized carbons (Fsp3) is 0.316. The Morgan fingerprint density at radius 2 is 1.96 bits per heavy atom. The molecule has 0 unspecified atom stereocenters. The standard InChI is InChI=1S/C19H24N2O3S/c1-5-24-16-11-10-14(12-17(16)23-3)20-13(2)19(22)21-15-8-6-7-9-18(15)25-4/h6-13,20H,5H2,1-4H3,(H,21,22)/t13-/m1/s1. The van der Waals surface area contributed by atoms with Gasteiger partial charge < -0.3 is 20.1 Å². The molecule has 0 radical (unpaired) electrons. The van der Waals surface area contributed by atoms with Crippen molar-refractivity contribution in [1.29, 1.82) is 0 Å². The molecule has 6 heteroatoms. The lowest BCUT2D eigenvalue weighted by Gasteiger charge is -2.18. The van der Waals surface area contributed by atoms with Crippen molar-refractivity contribution in [2.45, 2.75) is 24.8 Å². The third-order valence-corrected chi connectivity index (χ3v) is 4.40. The fourth-order valence-corrected chi connectivity index (χ4v) is 2.89. The lowest BCUT2D eigenvalue weighted by atomic mass is 10.2. The van der Waals surface area contributed by atoms with Gasteiger partial charge in [0.1, 0.15) is 6.04 Å². The first-order valence-corrected chi connectivity index (χ1v) is 9.32. The lowest BCUT2D eigenvalue weighted by Crippen LogP contribution is -2.32. The first kappa shape index (κ1) is 19.0. The van der Waals surface area contributed by atoms with Crippen molar-refractivity contribution in [1.82, 2.24) is 0 Å².